The number of ether oxygens (including phenoxy) is 2. The van der Waals surface area contributed by atoms with Gasteiger partial charge in [0, 0.05) is 6.08 Å². The normalized spacial score (nSPS) is 31.4. The molecule has 3 atom stereocenters. The van der Waals surface area contributed by atoms with Crippen LogP contribution in [0.5, 0.6) is 0 Å². The maximum atomic E-state index is 12.7. The number of halogens is 3. The molecule has 0 aromatic heterocycles. The summed E-state index contributed by atoms with van der Waals surface area (Å²) >= 11 is 0. The first kappa shape index (κ1) is 11.0. The van der Waals surface area contributed by atoms with Crippen LogP contribution in [-0.2, 0) is 14.3 Å². The molecule has 6 heteroatoms. The average molecular weight is 210 g/mol. The van der Waals surface area contributed by atoms with Crippen LogP contribution in [0.25, 0.3) is 0 Å². The zero-order chi connectivity index (χ0) is 10.9. The molecule has 1 saturated heterocycles. The summed E-state index contributed by atoms with van der Waals surface area (Å²) in [5.74, 6) is -4.44. The van der Waals surface area contributed by atoms with Crippen molar-refractivity contribution in [1.29, 1.82) is 0 Å². The average Bonchev–Trinajstić information content (AvgIpc) is 2.13. The fourth-order valence-electron chi connectivity index (χ4n) is 1.08. The van der Waals surface area contributed by atoms with Crippen LogP contribution >= 0.6 is 0 Å². The molecule has 1 heterocycles. The van der Waals surface area contributed by atoms with E-state index in [0.29, 0.717) is 0 Å². The lowest BCUT2D eigenvalue weighted by atomic mass is 10.0. The van der Waals surface area contributed by atoms with E-state index in [1.165, 1.54) is 6.92 Å². The third kappa shape index (κ3) is 1.75. The van der Waals surface area contributed by atoms with Crippen LogP contribution in [0.4, 0.5) is 13.2 Å². The Morgan fingerprint density at radius 2 is 2.29 bits per heavy atom. The standard InChI is InChI=1S/C8H9F3O3/c1-3-5(12)13-4(2)6-8(10,11)7(9)14-6/h3-4,6-7H,1H2,2H3. The van der Waals surface area contributed by atoms with E-state index in [1.54, 1.807) is 0 Å². The lowest BCUT2D eigenvalue weighted by Crippen LogP contribution is -2.62. The molecule has 3 nitrogen and oxygen atoms in total. The highest BCUT2D eigenvalue weighted by Gasteiger charge is 2.63. The first-order valence-corrected chi connectivity index (χ1v) is 3.90. The molecule has 0 aromatic carbocycles. The van der Waals surface area contributed by atoms with Gasteiger partial charge in [0.2, 0.25) is 0 Å². The topological polar surface area (TPSA) is 35.5 Å². The minimum Gasteiger partial charge on any atom is -0.457 e. The number of carbonyl (C=O) groups excluding carboxylic acids is 1. The Bertz CT molecular complexity index is 254. The molecule has 1 rings (SSSR count). The molecule has 0 aliphatic carbocycles. The molecular weight excluding hydrogens is 201 g/mol. The van der Waals surface area contributed by atoms with Gasteiger partial charge in [0.25, 0.3) is 6.36 Å². The molecule has 0 spiro atoms. The van der Waals surface area contributed by atoms with E-state index in [4.69, 9.17) is 0 Å². The number of alkyl halides is 3. The summed E-state index contributed by atoms with van der Waals surface area (Å²) in [5, 5.41) is 0. The van der Waals surface area contributed by atoms with Gasteiger partial charge >= 0.3 is 11.9 Å². The van der Waals surface area contributed by atoms with E-state index < -0.39 is 30.5 Å². The molecule has 1 aliphatic heterocycles. The van der Waals surface area contributed by atoms with Gasteiger partial charge in [-0.1, -0.05) is 6.58 Å². The molecule has 0 saturated carbocycles. The van der Waals surface area contributed by atoms with Gasteiger partial charge in [-0.05, 0) is 6.92 Å². The second-order valence-electron chi connectivity index (χ2n) is 2.89. The summed E-state index contributed by atoms with van der Waals surface area (Å²) in [6.07, 6.45) is -4.71. The van der Waals surface area contributed by atoms with Crippen molar-refractivity contribution in [3.63, 3.8) is 0 Å². The van der Waals surface area contributed by atoms with E-state index in [2.05, 4.69) is 16.1 Å². The molecule has 14 heavy (non-hydrogen) atoms. The van der Waals surface area contributed by atoms with E-state index in [9.17, 15) is 18.0 Å². The third-order valence-corrected chi connectivity index (χ3v) is 1.84. The minimum atomic E-state index is -3.60. The second kappa shape index (κ2) is 3.61. The Morgan fingerprint density at radius 3 is 2.64 bits per heavy atom. The van der Waals surface area contributed by atoms with Crippen molar-refractivity contribution in [3.8, 4) is 0 Å². The summed E-state index contributed by atoms with van der Waals surface area (Å²) < 4.78 is 46.2. The summed E-state index contributed by atoms with van der Waals surface area (Å²) in [7, 11) is 0. The van der Waals surface area contributed by atoms with Crippen LogP contribution in [0.3, 0.4) is 0 Å². The van der Waals surface area contributed by atoms with E-state index in [-0.39, 0.29) is 0 Å². The zero-order valence-electron chi connectivity index (χ0n) is 7.38. The lowest BCUT2D eigenvalue weighted by molar-refractivity contribution is -0.374. The number of hydrogen-bond donors (Lipinski definition) is 0. The summed E-state index contributed by atoms with van der Waals surface area (Å²) in [4.78, 5) is 10.6. The SMILES string of the molecule is C=CC(=O)OC(C)C1OC(F)C1(F)F. The van der Waals surface area contributed by atoms with Gasteiger partial charge in [-0.25, -0.2) is 9.18 Å². The molecule has 1 aliphatic rings. The highest BCUT2D eigenvalue weighted by molar-refractivity contribution is 5.81. The predicted molar refractivity (Wildman–Crippen MR) is 40.5 cm³/mol. The van der Waals surface area contributed by atoms with Gasteiger partial charge in [0.1, 0.15) is 6.10 Å². The lowest BCUT2D eigenvalue weighted by Gasteiger charge is -2.41. The van der Waals surface area contributed by atoms with Crippen molar-refractivity contribution in [2.24, 2.45) is 0 Å². The molecule has 0 amide bonds. The summed E-state index contributed by atoms with van der Waals surface area (Å²) in [5.41, 5.74) is 0. The highest BCUT2D eigenvalue weighted by Crippen LogP contribution is 2.41. The van der Waals surface area contributed by atoms with Crippen molar-refractivity contribution in [2.45, 2.75) is 31.4 Å². The molecule has 3 unspecified atom stereocenters. The second-order valence-corrected chi connectivity index (χ2v) is 2.89. The largest absolute Gasteiger partial charge is 0.457 e. The van der Waals surface area contributed by atoms with Gasteiger partial charge in [-0.3, -0.25) is 0 Å². The van der Waals surface area contributed by atoms with Gasteiger partial charge in [0.15, 0.2) is 6.10 Å². The zero-order valence-corrected chi connectivity index (χ0v) is 7.38. The van der Waals surface area contributed by atoms with Crippen LogP contribution in [0.15, 0.2) is 12.7 Å². The van der Waals surface area contributed by atoms with Crippen LogP contribution in [0.2, 0.25) is 0 Å². The van der Waals surface area contributed by atoms with Crippen molar-refractivity contribution < 1.29 is 27.4 Å². The Hall–Kier alpha value is -1.04. The first-order chi connectivity index (χ1) is 6.39. The highest BCUT2D eigenvalue weighted by atomic mass is 19.3. The van der Waals surface area contributed by atoms with Crippen LogP contribution < -0.4 is 0 Å². The van der Waals surface area contributed by atoms with Crippen molar-refractivity contribution >= 4 is 5.97 Å². The van der Waals surface area contributed by atoms with Gasteiger partial charge in [-0.15, -0.1) is 0 Å². The van der Waals surface area contributed by atoms with Gasteiger partial charge in [-0.2, -0.15) is 8.78 Å². The monoisotopic (exact) mass is 210 g/mol. The van der Waals surface area contributed by atoms with E-state index in [1.807, 2.05) is 0 Å². The Balaban J connectivity index is 2.51. The van der Waals surface area contributed by atoms with Crippen molar-refractivity contribution in [1.82, 2.24) is 0 Å². The molecule has 0 N–H and O–H groups in total. The van der Waals surface area contributed by atoms with Crippen LogP contribution in [0.1, 0.15) is 6.92 Å². The molecule has 0 radical (unpaired) electrons. The van der Waals surface area contributed by atoms with E-state index >= 15 is 0 Å². The molecule has 1 fully saturated rings. The number of esters is 1. The first-order valence-electron chi connectivity index (χ1n) is 3.90. The quantitative estimate of drug-likeness (QED) is 0.522. The molecule has 80 valence electrons. The minimum absolute atomic E-state index is 0.834. The van der Waals surface area contributed by atoms with Crippen LogP contribution in [0, 0.1) is 0 Å². The Labute approximate surface area is 78.5 Å². The summed E-state index contributed by atoms with van der Waals surface area (Å²) in [6, 6.07) is 0. The predicted octanol–water partition coefficient (Wildman–Crippen LogP) is 1.43. The fraction of sp³-hybridized carbons (Fsp3) is 0.625. The number of rotatable bonds is 3. The van der Waals surface area contributed by atoms with Gasteiger partial charge < -0.3 is 9.47 Å². The number of carbonyl (C=O) groups is 1. The van der Waals surface area contributed by atoms with Gasteiger partial charge in [0.05, 0.1) is 0 Å². The molecular formula is C8H9F3O3. The van der Waals surface area contributed by atoms with Crippen LogP contribution in [-0.4, -0.2) is 30.5 Å². The van der Waals surface area contributed by atoms with Crippen molar-refractivity contribution in [2.75, 3.05) is 0 Å². The van der Waals surface area contributed by atoms with E-state index in [0.717, 1.165) is 6.08 Å². The summed E-state index contributed by atoms with van der Waals surface area (Å²) in [6.45, 7) is 4.29. The maximum absolute atomic E-state index is 12.7. The van der Waals surface area contributed by atoms with Crippen molar-refractivity contribution in [3.05, 3.63) is 12.7 Å². The maximum Gasteiger partial charge on any atom is 0.331 e. The Morgan fingerprint density at radius 1 is 1.71 bits per heavy atom. The molecule has 0 aromatic rings. The fourth-order valence-corrected chi connectivity index (χ4v) is 1.08. The third-order valence-electron chi connectivity index (χ3n) is 1.84. The molecule has 0 bridgehead atoms. The smallest absolute Gasteiger partial charge is 0.331 e. The number of hydrogen-bond acceptors (Lipinski definition) is 3. The Kier molecular flexibility index (Phi) is 2.84.